The van der Waals surface area contributed by atoms with Crippen LogP contribution in [-0.4, -0.2) is 8.07 Å². The summed E-state index contributed by atoms with van der Waals surface area (Å²) in [6.07, 6.45) is 0. The highest BCUT2D eigenvalue weighted by Crippen LogP contribution is 2.17. The molecule has 6 radical (unpaired) electrons. The number of hydrogen-bond acceptors (Lipinski definition) is 0. The molecule has 0 N–H and O–H groups in total. The van der Waals surface area contributed by atoms with Crippen LogP contribution in [0.15, 0.2) is 0 Å². The van der Waals surface area contributed by atoms with Crippen molar-refractivity contribution >= 4 is 8.07 Å². The third-order valence-corrected chi connectivity index (χ3v) is 4.44. The van der Waals surface area contributed by atoms with Crippen LogP contribution in [0.2, 0.25) is 24.7 Å². The van der Waals surface area contributed by atoms with Gasteiger partial charge in [0.15, 0.2) is 0 Å². The quantitative estimate of drug-likeness (QED) is 0.506. The molecule has 0 saturated carbocycles. The fourth-order valence-electron chi connectivity index (χ4n) is 0.250. The van der Waals surface area contributed by atoms with E-state index < -0.39 is 8.07 Å². The van der Waals surface area contributed by atoms with Crippen molar-refractivity contribution in [1.29, 1.82) is 0 Å². The van der Waals surface area contributed by atoms with Crippen LogP contribution in [0.1, 0.15) is 0 Å². The lowest BCUT2D eigenvalue weighted by atomic mass is 10.9. The molecule has 0 fully saturated rings. The van der Waals surface area contributed by atoms with Crippen molar-refractivity contribution < 1.29 is 0 Å². The minimum absolute atomic E-state index is 0.708. The summed E-state index contributed by atoms with van der Waals surface area (Å²) in [7, 11) is -1.34. The zero-order valence-electron chi connectivity index (χ0n) is 5.35. The third-order valence-electron chi connectivity index (χ3n) is 1.48. The summed E-state index contributed by atoms with van der Waals surface area (Å²) in [5.41, 5.74) is 0. The van der Waals surface area contributed by atoms with Crippen molar-refractivity contribution in [3.8, 4) is 0 Å². The molecule has 0 aliphatic heterocycles. The maximum absolute atomic E-state index is 5.43. The van der Waals surface area contributed by atoms with Gasteiger partial charge in [0.25, 0.3) is 0 Å². The van der Waals surface area contributed by atoms with Gasteiger partial charge in [0.1, 0.15) is 0 Å². The molecule has 44 valence electrons. The highest BCUT2D eigenvalue weighted by molar-refractivity contribution is 6.79. The second-order valence-corrected chi connectivity index (χ2v) is 7.27. The van der Waals surface area contributed by atoms with Crippen molar-refractivity contribution in [2.75, 3.05) is 0 Å². The van der Waals surface area contributed by atoms with Gasteiger partial charge in [-0.3, -0.25) is 0 Å². The van der Waals surface area contributed by atoms with Gasteiger partial charge in [0, 0.05) is 0 Å². The molecular formula is C7H12Si. The Balaban J connectivity index is 3.58. The summed E-state index contributed by atoms with van der Waals surface area (Å²) in [6, 6.07) is 2.12. The largest absolute Gasteiger partial charge is 0.0691 e. The summed E-state index contributed by atoms with van der Waals surface area (Å²) in [4.78, 5) is 0. The van der Waals surface area contributed by atoms with E-state index in [0.29, 0.717) is 18.1 Å². The van der Waals surface area contributed by atoms with Gasteiger partial charge in [-0.2, -0.15) is 0 Å². The summed E-state index contributed by atoms with van der Waals surface area (Å²) < 4.78 is 0. The van der Waals surface area contributed by atoms with Gasteiger partial charge in [-0.05, 0) is 20.8 Å². The Kier molecular flexibility index (Phi) is 3.37. The van der Waals surface area contributed by atoms with Gasteiger partial charge in [-0.15, -0.1) is 0 Å². The maximum atomic E-state index is 5.43. The summed E-state index contributed by atoms with van der Waals surface area (Å²) in [6.45, 7) is 18.4. The van der Waals surface area contributed by atoms with Crippen LogP contribution in [0.3, 0.4) is 0 Å². The van der Waals surface area contributed by atoms with Crippen LogP contribution in [-0.2, 0) is 0 Å². The Hall–Kier alpha value is 0.217. The monoisotopic (exact) mass is 124 g/mol. The third kappa shape index (κ3) is 1.99. The molecule has 8 heavy (non-hydrogen) atoms. The Morgan fingerprint density at radius 2 is 1.25 bits per heavy atom. The zero-order valence-corrected chi connectivity index (χ0v) is 6.35. The lowest BCUT2D eigenvalue weighted by Gasteiger charge is -2.20. The van der Waals surface area contributed by atoms with Crippen LogP contribution in [0.4, 0.5) is 0 Å². The van der Waals surface area contributed by atoms with E-state index >= 15 is 0 Å². The fraction of sp³-hybridized carbons (Fsp3) is 0.571. The lowest BCUT2D eigenvalue weighted by molar-refractivity contribution is 1.35. The predicted octanol–water partition coefficient (Wildman–Crippen LogP) is 2.20. The second-order valence-electron chi connectivity index (χ2n) is 2.42. The molecule has 0 aliphatic carbocycles. The molecule has 0 aromatic carbocycles. The summed E-state index contributed by atoms with van der Waals surface area (Å²) in [5.74, 6) is 0. The van der Waals surface area contributed by atoms with Gasteiger partial charge < -0.3 is 0 Å². The average Bonchev–Trinajstić information content (AvgIpc) is 1.87. The molecule has 0 amide bonds. The molecule has 0 saturated heterocycles. The molecular weight excluding hydrogens is 112 g/mol. The minimum Gasteiger partial charge on any atom is -0.0691 e. The van der Waals surface area contributed by atoms with Gasteiger partial charge in [0.05, 0.1) is 8.07 Å². The molecule has 0 atom stereocenters. The number of rotatable bonds is 3. The Labute approximate surface area is 54.3 Å². The van der Waals surface area contributed by atoms with Crippen LogP contribution in [0.25, 0.3) is 0 Å². The number of hydrogen-bond donors (Lipinski definition) is 0. The van der Waals surface area contributed by atoms with Crippen molar-refractivity contribution in [3.05, 3.63) is 20.8 Å². The van der Waals surface area contributed by atoms with Gasteiger partial charge in [0.2, 0.25) is 0 Å². The van der Waals surface area contributed by atoms with Gasteiger partial charge in [-0.25, -0.2) is 0 Å². The topological polar surface area (TPSA) is 0 Å². The molecule has 0 bridgehead atoms. The van der Waals surface area contributed by atoms with Crippen molar-refractivity contribution in [3.63, 3.8) is 0 Å². The first-order valence-corrected chi connectivity index (χ1v) is 5.91. The molecule has 0 aromatic rings. The molecule has 0 aromatic heterocycles. The first-order valence-electron chi connectivity index (χ1n) is 2.79. The Morgan fingerprint density at radius 3 is 1.25 bits per heavy atom. The highest BCUT2D eigenvalue weighted by Gasteiger charge is 2.18. The second kappa shape index (κ2) is 3.28. The van der Waals surface area contributed by atoms with E-state index in [2.05, 4.69) is 6.55 Å². The van der Waals surface area contributed by atoms with Crippen molar-refractivity contribution in [1.82, 2.24) is 0 Å². The van der Waals surface area contributed by atoms with Crippen LogP contribution >= 0.6 is 0 Å². The van der Waals surface area contributed by atoms with E-state index in [1.54, 1.807) is 0 Å². The smallest absolute Gasteiger partial charge is 0.0513 e. The molecule has 0 rings (SSSR count). The maximum Gasteiger partial charge on any atom is 0.0513 e. The fourth-order valence-corrected chi connectivity index (χ4v) is 0.750. The molecule has 0 aliphatic rings. The molecule has 0 heterocycles. The summed E-state index contributed by atoms with van der Waals surface area (Å²) >= 11 is 0. The van der Waals surface area contributed by atoms with E-state index in [1.165, 1.54) is 0 Å². The van der Waals surface area contributed by atoms with Crippen LogP contribution in [0.5, 0.6) is 0 Å². The van der Waals surface area contributed by atoms with Crippen molar-refractivity contribution in [2.45, 2.75) is 24.7 Å². The molecule has 0 nitrogen and oxygen atoms in total. The van der Waals surface area contributed by atoms with E-state index in [-0.39, 0.29) is 0 Å². The predicted molar refractivity (Wildman–Crippen MR) is 38.9 cm³/mol. The lowest BCUT2D eigenvalue weighted by Crippen LogP contribution is -2.25. The molecule has 0 spiro atoms. The highest BCUT2D eigenvalue weighted by atomic mass is 28.3. The van der Waals surface area contributed by atoms with Crippen molar-refractivity contribution in [2.24, 2.45) is 0 Å². The SMILES string of the molecule is [CH]C[Si](C)(C[CH])C[CH]. The van der Waals surface area contributed by atoms with Gasteiger partial charge >= 0.3 is 0 Å². The van der Waals surface area contributed by atoms with E-state index in [4.69, 9.17) is 20.8 Å². The zero-order chi connectivity index (χ0) is 6.62. The average molecular weight is 124 g/mol. The Morgan fingerprint density at radius 1 is 1.00 bits per heavy atom. The summed E-state index contributed by atoms with van der Waals surface area (Å²) in [5, 5.41) is 0. The normalized spacial score (nSPS) is 12.0. The standard InChI is InChI=1S/C7H12Si/c1-5-8(4,6-2)7-3/h1-3H,5-7H2,4H3. The van der Waals surface area contributed by atoms with E-state index in [0.717, 1.165) is 0 Å². The molecule has 0 unspecified atom stereocenters. The van der Waals surface area contributed by atoms with E-state index in [1.807, 2.05) is 0 Å². The van der Waals surface area contributed by atoms with E-state index in [9.17, 15) is 0 Å². The first-order chi connectivity index (χ1) is 3.68. The van der Waals surface area contributed by atoms with Gasteiger partial charge in [-0.1, -0.05) is 24.7 Å². The van der Waals surface area contributed by atoms with Crippen LogP contribution in [0, 0.1) is 20.8 Å². The molecule has 1 heteroatoms. The minimum atomic E-state index is -1.34. The first kappa shape index (κ1) is 8.22. The van der Waals surface area contributed by atoms with Crippen LogP contribution < -0.4 is 0 Å². The Bertz CT molecular complexity index is 47.1.